The first-order chi connectivity index (χ1) is 4.02. The van der Waals surface area contributed by atoms with Crippen LogP contribution in [0.1, 0.15) is 6.92 Å². The van der Waals surface area contributed by atoms with Crippen molar-refractivity contribution in [3.63, 3.8) is 0 Å². The lowest BCUT2D eigenvalue weighted by Crippen LogP contribution is -2.33. The SMILES string of the molecule is COC(CCl)C(C)(F)F. The van der Waals surface area contributed by atoms with Crippen molar-refractivity contribution in [3.8, 4) is 0 Å². The van der Waals surface area contributed by atoms with Gasteiger partial charge in [0.05, 0.1) is 5.88 Å². The minimum atomic E-state index is -2.84. The number of hydrogen-bond acceptors (Lipinski definition) is 1. The van der Waals surface area contributed by atoms with Gasteiger partial charge in [-0.1, -0.05) is 0 Å². The molecule has 0 heterocycles. The Morgan fingerprint density at radius 1 is 1.67 bits per heavy atom. The van der Waals surface area contributed by atoms with Gasteiger partial charge in [-0.25, -0.2) is 8.78 Å². The predicted molar refractivity (Wildman–Crippen MR) is 32.1 cm³/mol. The number of rotatable bonds is 3. The monoisotopic (exact) mass is 158 g/mol. The van der Waals surface area contributed by atoms with Crippen LogP contribution in [0.4, 0.5) is 8.78 Å². The van der Waals surface area contributed by atoms with E-state index in [9.17, 15) is 8.78 Å². The Morgan fingerprint density at radius 3 is 2.11 bits per heavy atom. The molecule has 0 saturated carbocycles. The molecule has 0 aliphatic heterocycles. The summed E-state index contributed by atoms with van der Waals surface area (Å²) in [4.78, 5) is 0. The van der Waals surface area contributed by atoms with Crippen molar-refractivity contribution < 1.29 is 13.5 Å². The Morgan fingerprint density at radius 2 is 2.11 bits per heavy atom. The van der Waals surface area contributed by atoms with Crippen LogP contribution in [0.3, 0.4) is 0 Å². The minimum absolute atomic E-state index is 0.181. The standard InChI is InChI=1S/C5H9ClF2O/c1-5(7,8)4(3-6)9-2/h4H,3H2,1-2H3. The average Bonchev–Trinajstić information content (AvgIpc) is 1.65. The van der Waals surface area contributed by atoms with E-state index in [2.05, 4.69) is 4.74 Å². The highest BCUT2D eigenvalue weighted by molar-refractivity contribution is 6.18. The third kappa shape index (κ3) is 2.96. The van der Waals surface area contributed by atoms with Gasteiger partial charge < -0.3 is 4.74 Å². The maximum Gasteiger partial charge on any atom is 0.272 e. The molecule has 56 valence electrons. The van der Waals surface area contributed by atoms with Crippen molar-refractivity contribution >= 4 is 11.6 Å². The van der Waals surface area contributed by atoms with Crippen molar-refractivity contribution in [1.82, 2.24) is 0 Å². The fraction of sp³-hybridized carbons (Fsp3) is 1.00. The molecule has 0 aliphatic rings. The molecule has 0 aliphatic carbocycles. The zero-order valence-electron chi connectivity index (χ0n) is 5.33. The van der Waals surface area contributed by atoms with Crippen LogP contribution < -0.4 is 0 Å². The molecule has 0 amide bonds. The van der Waals surface area contributed by atoms with Crippen molar-refractivity contribution in [2.45, 2.75) is 19.0 Å². The average molecular weight is 159 g/mol. The van der Waals surface area contributed by atoms with Gasteiger partial charge in [0.25, 0.3) is 5.92 Å². The fourth-order valence-corrected chi connectivity index (χ4v) is 0.802. The fourth-order valence-electron chi connectivity index (χ4n) is 0.405. The maximum absolute atomic E-state index is 12.2. The van der Waals surface area contributed by atoms with Crippen LogP contribution in [-0.2, 0) is 4.74 Å². The van der Waals surface area contributed by atoms with Crippen molar-refractivity contribution in [2.24, 2.45) is 0 Å². The molecule has 0 rings (SSSR count). The molecular formula is C5H9ClF2O. The molecule has 0 aromatic heterocycles. The smallest absolute Gasteiger partial charge is 0.272 e. The zero-order valence-corrected chi connectivity index (χ0v) is 6.08. The summed E-state index contributed by atoms with van der Waals surface area (Å²) in [5.41, 5.74) is 0. The van der Waals surface area contributed by atoms with Gasteiger partial charge in [-0.15, -0.1) is 11.6 Å². The van der Waals surface area contributed by atoms with E-state index in [1.54, 1.807) is 0 Å². The van der Waals surface area contributed by atoms with E-state index in [4.69, 9.17) is 11.6 Å². The number of hydrogen-bond donors (Lipinski definition) is 0. The molecule has 0 saturated heterocycles. The van der Waals surface area contributed by atoms with Gasteiger partial charge in [0.2, 0.25) is 0 Å². The second-order valence-corrected chi connectivity index (χ2v) is 2.14. The quantitative estimate of drug-likeness (QED) is 0.570. The second-order valence-electron chi connectivity index (χ2n) is 1.83. The number of halogens is 3. The summed E-state index contributed by atoms with van der Waals surface area (Å²) in [5.74, 6) is -3.02. The molecule has 1 atom stereocenters. The molecule has 0 radical (unpaired) electrons. The van der Waals surface area contributed by atoms with E-state index in [0.717, 1.165) is 6.92 Å². The van der Waals surface area contributed by atoms with Crippen LogP contribution in [0.5, 0.6) is 0 Å². The Balaban J connectivity index is 3.79. The molecule has 0 aromatic carbocycles. The summed E-state index contributed by atoms with van der Waals surface area (Å²) < 4.78 is 28.7. The molecule has 0 fully saturated rings. The van der Waals surface area contributed by atoms with Crippen molar-refractivity contribution in [3.05, 3.63) is 0 Å². The molecular weight excluding hydrogens is 150 g/mol. The van der Waals surface area contributed by atoms with Crippen LogP contribution in [0.15, 0.2) is 0 Å². The highest BCUT2D eigenvalue weighted by atomic mass is 35.5. The summed E-state index contributed by atoms with van der Waals surface area (Å²) in [6.45, 7) is 0.781. The summed E-state index contributed by atoms with van der Waals surface area (Å²) in [6, 6.07) is 0. The molecule has 0 aromatic rings. The Hall–Kier alpha value is 0.110. The summed E-state index contributed by atoms with van der Waals surface area (Å²) in [6.07, 6.45) is -1.17. The van der Waals surface area contributed by atoms with E-state index in [-0.39, 0.29) is 5.88 Å². The van der Waals surface area contributed by atoms with Gasteiger partial charge in [-0.3, -0.25) is 0 Å². The number of methoxy groups -OCH3 is 1. The molecule has 4 heteroatoms. The Kier molecular flexibility index (Phi) is 3.36. The highest BCUT2D eigenvalue weighted by Gasteiger charge is 2.33. The number of ether oxygens (including phenoxy) is 1. The van der Waals surface area contributed by atoms with Gasteiger partial charge in [0.15, 0.2) is 0 Å². The van der Waals surface area contributed by atoms with Crippen LogP contribution in [0.25, 0.3) is 0 Å². The van der Waals surface area contributed by atoms with Crippen molar-refractivity contribution in [2.75, 3.05) is 13.0 Å². The lowest BCUT2D eigenvalue weighted by Gasteiger charge is -2.18. The van der Waals surface area contributed by atoms with Crippen molar-refractivity contribution in [1.29, 1.82) is 0 Å². The van der Waals surface area contributed by atoms with Crippen LogP contribution in [0, 0.1) is 0 Å². The van der Waals surface area contributed by atoms with Gasteiger partial charge in [-0.2, -0.15) is 0 Å². The lowest BCUT2D eigenvalue weighted by atomic mass is 10.2. The van der Waals surface area contributed by atoms with Crippen LogP contribution in [0.2, 0.25) is 0 Å². The van der Waals surface area contributed by atoms with E-state index >= 15 is 0 Å². The topological polar surface area (TPSA) is 9.23 Å². The Labute approximate surface area is 57.9 Å². The minimum Gasteiger partial charge on any atom is -0.374 e. The highest BCUT2D eigenvalue weighted by Crippen LogP contribution is 2.20. The van der Waals surface area contributed by atoms with E-state index < -0.39 is 12.0 Å². The Bertz CT molecular complexity index is 77.5. The van der Waals surface area contributed by atoms with E-state index in [1.165, 1.54) is 7.11 Å². The van der Waals surface area contributed by atoms with Gasteiger partial charge in [-0.05, 0) is 0 Å². The largest absolute Gasteiger partial charge is 0.374 e. The molecule has 1 nitrogen and oxygen atoms in total. The number of alkyl halides is 3. The summed E-state index contributed by atoms with van der Waals surface area (Å²) in [7, 11) is 1.21. The molecule has 9 heavy (non-hydrogen) atoms. The summed E-state index contributed by atoms with van der Waals surface area (Å²) >= 11 is 5.15. The first-order valence-corrected chi connectivity index (χ1v) is 3.02. The second kappa shape index (κ2) is 3.32. The van der Waals surface area contributed by atoms with Gasteiger partial charge in [0.1, 0.15) is 6.10 Å². The molecule has 0 N–H and O–H groups in total. The first kappa shape index (κ1) is 9.11. The van der Waals surface area contributed by atoms with Gasteiger partial charge >= 0.3 is 0 Å². The van der Waals surface area contributed by atoms with E-state index in [1.807, 2.05) is 0 Å². The normalized spacial score (nSPS) is 15.7. The summed E-state index contributed by atoms with van der Waals surface area (Å²) in [5, 5.41) is 0. The molecule has 0 spiro atoms. The van der Waals surface area contributed by atoms with Crippen LogP contribution >= 0.6 is 11.6 Å². The molecule has 1 unspecified atom stereocenters. The third-order valence-electron chi connectivity index (χ3n) is 0.990. The first-order valence-electron chi connectivity index (χ1n) is 2.49. The molecule has 0 bridgehead atoms. The maximum atomic E-state index is 12.2. The van der Waals surface area contributed by atoms with E-state index in [0.29, 0.717) is 0 Å². The zero-order chi connectivity index (χ0) is 7.49. The van der Waals surface area contributed by atoms with Crippen LogP contribution in [-0.4, -0.2) is 25.0 Å². The van der Waals surface area contributed by atoms with Gasteiger partial charge in [0, 0.05) is 14.0 Å². The lowest BCUT2D eigenvalue weighted by molar-refractivity contribution is -0.0994. The third-order valence-corrected chi connectivity index (χ3v) is 1.27. The predicted octanol–water partition coefficient (Wildman–Crippen LogP) is 1.90.